The highest BCUT2D eigenvalue weighted by Gasteiger charge is 2.43. The van der Waals surface area contributed by atoms with E-state index in [1.165, 1.54) is 0 Å². The molecular formula is C14H16Br3ClO2S. The molecule has 0 aliphatic carbocycles. The van der Waals surface area contributed by atoms with Gasteiger partial charge in [-0.05, 0) is 41.9 Å². The van der Waals surface area contributed by atoms with Crippen molar-refractivity contribution in [3.8, 4) is 0 Å². The third kappa shape index (κ3) is 4.25. The Bertz CT molecular complexity index is 615. The first kappa shape index (κ1) is 18.2. The lowest BCUT2D eigenvalue weighted by molar-refractivity contribution is 0.253. The molecule has 1 atom stereocenters. The van der Waals surface area contributed by atoms with Gasteiger partial charge in [0.05, 0.1) is 11.5 Å². The molecule has 1 aliphatic rings. The van der Waals surface area contributed by atoms with Crippen LogP contribution in [-0.4, -0.2) is 30.6 Å². The van der Waals surface area contributed by atoms with Crippen LogP contribution in [0.25, 0.3) is 0 Å². The molecule has 0 saturated carbocycles. The van der Waals surface area contributed by atoms with Crippen molar-refractivity contribution in [2.45, 2.75) is 12.8 Å². The van der Waals surface area contributed by atoms with Crippen LogP contribution in [0.1, 0.15) is 12.0 Å². The molecule has 2 rings (SSSR count). The fourth-order valence-electron chi connectivity index (χ4n) is 2.82. The highest BCUT2D eigenvalue weighted by molar-refractivity contribution is 9.10. The summed E-state index contributed by atoms with van der Waals surface area (Å²) in [4.78, 5) is 0. The zero-order valence-electron chi connectivity index (χ0n) is 11.3. The predicted molar refractivity (Wildman–Crippen MR) is 99.6 cm³/mol. The Kier molecular flexibility index (Phi) is 6.26. The summed E-state index contributed by atoms with van der Waals surface area (Å²) in [6.07, 6.45) is 1.49. The molecule has 0 amide bonds. The van der Waals surface area contributed by atoms with Gasteiger partial charge >= 0.3 is 0 Å². The Hall–Kier alpha value is 0.900. The van der Waals surface area contributed by atoms with Crippen LogP contribution >= 0.6 is 59.4 Å². The van der Waals surface area contributed by atoms with Crippen LogP contribution in [0.15, 0.2) is 22.7 Å². The summed E-state index contributed by atoms with van der Waals surface area (Å²) < 4.78 is 24.6. The zero-order chi connectivity index (χ0) is 15.7. The number of alkyl halides is 2. The standard InChI is InChI=1S/C14H16Br3ClO2S/c15-8-14(9-16,11-3-4-21(19,20)7-11)6-10-1-2-12(17)5-13(10)18/h1-2,5,11H,3-4,6-9H2. The molecule has 0 radical (unpaired) electrons. The number of rotatable bonds is 5. The van der Waals surface area contributed by atoms with Gasteiger partial charge in [-0.25, -0.2) is 8.42 Å². The maximum absolute atomic E-state index is 11.8. The number of sulfone groups is 1. The average molecular weight is 524 g/mol. The van der Waals surface area contributed by atoms with Gasteiger partial charge in [-0.1, -0.05) is 65.5 Å². The second-order valence-corrected chi connectivity index (χ2v) is 10.3. The minimum Gasteiger partial charge on any atom is -0.229 e. The van der Waals surface area contributed by atoms with Crippen molar-refractivity contribution in [3.05, 3.63) is 33.3 Å². The number of benzene rings is 1. The molecule has 1 aromatic carbocycles. The van der Waals surface area contributed by atoms with E-state index in [4.69, 9.17) is 11.6 Å². The lowest BCUT2D eigenvalue weighted by Crippen LogP contribution is -2.37. The van der Waals surface area contributed by atoms with Crippen LogP contribution in [0.4, 0.5) is 0 Å². The molecule has 1 saturated heterocycles. The highest BCUT2D eigenvalue weighted by Crippen LogP contribution is 2.43. The van der Waals surface area contributed by atoms with Gasteiger partial charge in [0.25, 0.3) is 0 Å². The van der Waals surface area contributed by atoms with Crippen LogP contribution in [0.3, 0.4) is 0 Å². The van der Waals surface area contributed by atoms with Crippen molar-refractivity contribution >= 4 is 69.2 Å². The number of hydrogen-bond acceptors (Lipinski definition) is 2. The maximum atomic E-state index is 11.8. The Morgan fingerprint density at radius 2 is 1.95 bits per heavy atom. The first-order valence-electron chi connectivity index (χ1n) is 6.58. The summed E-state index contributed by atoms with van der Waals surface area (Å²) in [5, 5.41) is 2.21. The van der Waals surface area contributed by atoms with E-state index < -0.39 is 9.84 Å². The van der Waals surface area contributed by atoms with E-state index in [0.717, 1.165) is 38.6 Å². The van der Waals surface area contributed by atoms with Gasteiger partial charge in [0, 0.05) is 20.2 Å². The summed E-state index contributed by atoms with van der Waals surface area (Å²) >= 11 is 16.9. The Balaban J connectivity index is 2.30. The van der Waals surface area contributed by atoms with Crippen molar-refractivity contribution in [2.75, 3.05) is 22.2 Å². The van der Waals surface area contributed by atoms with E-state index in [1.807, 2.05) is 18.2 Å². The third-order valence-corrected chi connectivity index (χ3v) is 9.03. The summed E-state index contributed by atoms with van der Waals surface area (Å²) in [5.41, 5.74) is 0.921. The third-order valence-electron chi connectivity index (χ3n) is 4.19. The van der Waals surface area contributed by atoms with Gasteiger partial charge < -0.3 is 0 Å². The molecule has 118 valence electrons. The Morgan fingerprint density at radius 3 is 2.43 bits per heavy atom. The molecule has 21 heavy (non-hydrogen) atoms. The maximum Gasteiger partial charge on any atom is 0.150 e. The van der Waals surface area contributed by atoms with E-state index in [-0.39, 0.29) is 17.1 Å². The summed E-state index contributed by atoms with van der Waals surface area (Å²) in [7, 11) is -2.89. The first-order valence-corrected chi connectivity index (χ1v) is 11.8. The molecule has 1 heterocycles. The normalized spacial score (nSPS) is 21.6. The fourth-order valence-corrected chi connectivity index (χ4v) is 7.74. The van der Waals surface area contributed by atoms with Crippen molar-refractivity contribution in [1.29, 1.82) is 0 Å². The molecule has 0 bridgehead atoms. The van der Waals surface area contributed by atoms with Crippen molar-refractivity contribution < 1.29 is 8.42 Å². The molecule has 1 aromatic rings. The zero-order valence-corrected chi connectivity index (χ0v) is 17.6. The molecule has 7 heteroatoms. The summed E-state index contributed by atoms with van der Waals surface area (Å²) in [5.74, 6) is 0.729. The van der Waals surface area contributed by atoms with Gasteiger partial charge in [0.15, 0.2) is 9.84 Å². The second kappa shape index (κ2) is 7.20. The smallest absolute Gasteiger partial charge is 0.150 e. The predicted octanol–water partition coefficient (Wildman–Crippen LogP) is 4.86. The minimum atomic E-state index is -2.89. The quantitative estimate of drug-likeness (QED) is 0.517. The van der Waals surface area contributed by atoms with Gasteiger partial charge in [0.2, 0.25) is 0 Å². The van der Waals surface area contributed by atoms with Crippen LogP contribution in [0, 0.1) is 11.3 Å². The second-order valence-electron chi connectivity index (χ2n) is 5.64. The topological polar surface area (TPSA) is 34.1 Å². The molecule has 2 nitrogen and oxygen atoms in total. The highest BCUT2D eigenvalue weighted by atomic mass is 79.9. The lowest BCUT2D eigenvalue weighted by Gasteiger charge is -2.36. The Morgan fingerprint density at radius 1 is 1.29 bits per heavy atom. The van der Waals surface area contributed by atoms with Crippen LogP contribution in [0.5, 0.6) is 0 Å². The SMILES string of the molecule is O=S1(=O)CCC(C(CBr)(CBr)Cc2ccc(Br)cc2Cl)C1. The van der Waals surface area contributed by atoms with Gasteiger partial charge in [-0.15, -0.1) is 0 Å². The van der Waals surface area contributed by atoms with Gasteiger partial charge in [-0.3, -0.25) is 0 Å². The fraction of sp³-hybridized carbons (Fsp3) is 0.571. The molecule has 1 unspecified atom stereocenters. The van der Waals surface area contributed by atoms with Crippen LogP contribution < -0.4 is 0 Å². The molecular weight excluding hydrogens is 507 g/mol. The average Bonchev–Trinajstić information content (AvgIpc) is 2.79. The largest absolute Gasteiger partial charge is 0.229 e. The molecule has 0 N–H and O–H groups in total. The number of hydrogen-bond donors (Lipinski definition) is 0. The van der Waals surface area contributed by atoms with Gasteiger partial charge in [0.1, 0.15) is 0 Å². The summed E-state index contributed by atoms with van der Waals surface area (Å²) in [6, 6.07) is 5.87. The lowest BCUT2D eigenvalue weighted by atomic mass is 9.74. The van der Waals surface area contributed by atoms with E-state index in [9.17, 15) is 8.42 Å². The van der Waals surface area contributed by atoms with Crippen LogP contribution in [-0.2, 0) is 16.3 Å². The van der Waals surface area contributed by atoms with Crippen molar-refractivity contribution in [1.82, 2.24) is 0 Å². The van der Waals surface area contributed by atoms with Crippen molar-refractivity contribution in [3.63, 3.8) is 0 Å². The van der Waals surface area contributed by atoms with Crippen LogP contribution in [0.2, 0.25) is 5.02 Å². The first-order chi connectivity index (χ1) is 9.82. The van der Waals surface area contributed by atoms with Gasteiger partial charge in [-0.2, -0.15) is 0 Å². The minimum absolute atomic E-state index is 0.138. The van der Waals surface area contributed by atoms with Crippen molar-refractivity contribution in [2.24, 2.45) is 11.3 Å². The van der Waals surface area contributed by atoms with E-state index in [1.54, 1.807) is 0 Å². The molecule has 1 aliphatic heterocycles. The van der Waals surface area contributed by atoms with E-state index >= 15 is 0 Å². The Labute approximate surface area is 156 Å². The van der Waals surface area contributed by atoms with E-state index in [0.29, 0.717) is 5.75 Å². The monoisotopic (exact) mass is 520 g/mol. The summed E-state index contributed by atoms with van der Waals surface area (Å²) in [6.45, 7) is 0. The van der Waals surface area contributed by atoms with E-state index in [2.05, 4.69) is 47.8 Å². The molecule has 1 fully saturated rings. The molecule has 0 spiro atoms. The molecule has 0 aromatic heterocycles. The number of halogens is 4.